The van der Waals surface area contributed by atoms with Crippen LogP contribution in [0.15, 0.2) is 0 Å². The van der Waals surface area contributed by atoms with Gasteiger partial charge in [0, 0.05) is 19.4 Å². The van der Waals surface area contributed by atoms with Crippen molar-refractivity contribution in [3.05, 3.63) is 0 Å². The molecule has 0 rings (SSSR count). The number of imide groups is 1. The zero-order valence-corrected chi connectivity index (χ0v) is 24.6. The van der Waals surface area contributed by atoms with Crippen LogP contribution in [-0.4, -0.2) is 63.8 Å². The normalized spacial score (nSPS) is 17.3. The fourth-order valence-electron chi connectivity index (χ4n) is 4.28. The summed E-state index contributed by atoms with van der Waals surface area (Å²) in [4.78, 5) is 51.8. The molecule has 0 aliphatic rings. The van der Waals surface area contributed by atoms with Gasteiger partial charge in [-0.05, 0) is 73.6 Å². The number of esters is 2. The Labute approximate surface area is 224 Å². The average molecular weight is 554 g/mol. The SMILES string of the molecule is CCC(C)(CC(C)(C)C(=O)OC(C)C(=O)N(C(C)=O)C(C)C)C(=O)OC(CC(C)C)CC(C)(O)C(F)(F)F. The first-order valence-corrected chi connectivity index (χ1v) is 13.0. The molecule has 11 heteroatoms. The lowest BCUT2D eigenvalue weighted by molar-refractivity contribution is -0.262. The summed E-state index contributed by atoms with van der Waals surface area (Å²) in [6.07, 6.45) is -7.97. The van der Waals surface area contributed by atoms with Gasteiger partial charge in [-0.1, -0.05) is 20.8 Å². The number of hydrogen-bond acceptors (Lipinski definition) is 7. The Balaban J connectivity index is 5.75. The molecule has 0 saturated carbocycles. The highest BCUT2D eigenvalue weighted by atomic mass is 19.4. The van der Waals surface area contributed by atoms with Crippen molar-refractivity contribution in [1.29, 1.82) is 0 Å². The summed E-state index contributed by atoms with van der Waals surface area (Å²) in [6, 6.07) is -0.441. The molecule has 2 amide bonds. The first-order valence-electron chi connectivity index (χ1n) is 13.0. The topological polar surface area (TPSA) is 110 Å². The molecule has 0 aliphatic heterocycles. The molecule has 0 saturated heterocycles. The van der Waals surface area contributed by atoms with E-state index in [-0.39, 0.29) is 25.2 Å². The molecule has 0 fully saturated rings. The van der Waals surface area contributed by atoms with E-state index in [9.17, 15) is 37.5 Å². The van der Waals surface area contributed by atoms with Gasteiger partial charge in [-0.15, -0.1) is 0 Å². The zero-order valence-electron chi connectivity index (χ0n) is 24.6. The molecular weight excluding hydrogens is 507 g/mol. The van der Waals surface area contributed by atoms with Crippen molar-refractivity contribution >= 4 is 23.8 Å². The zero-order chi connectivity index (χ0) is 30.4. The van der Waals surface area contributed by atoms with Gasteiger partial charge in [-0.3, -0.25) is 24.1 Å². The van der Waals surface area contributed by atoms with E-state index in [4.69, 9.17) is 9.47 Å². The van der Waals surface area contributed by atoms with Crippen molar-refractivity contribution in [2.45, 2.75) is 132 Å². The minimum Gasteiger partial charge on any atom is -0.462 e. The number of amides is 2. The molecule has 8 nitrogen and oxygen atoms in total. The van der Waals surface area contributed by atoms with Crippen LogP contribution in [-0.2, 0) is 28.7 Å². The van der Waals surface area contributed by atoms with Gasteiger partial charge in [0.25, 0.3) is 5.91 Å². The third kappa shape index (κ3) is 9.85. The molecule has 222 valence electrons. The minimum atomic E-state index is -4.91. The fourth-order valence-corrected chi connectivity index (χ4v) is 4.28. The first kappa shape index (κ1) is 35.8. The second kappa shape index (κ2) is 13.3. The molecule has 0 heterocycles. The van der Waals surface area contributed by atoms with Crippen molar-refractivity contribution in [3.8, 4) is 0 Å². The van der Waals surface area contributed by atoms with E-state index in [0.717, 1.165) is 4.90 Å². The van der Waals surface area contributed by atoms with Crippen LogP contribution in [0.1, 0.15) is 102 Å². The number of alkyl halides is 3. The van der Waals surface area contributed by atoms with E-state index in [0.29, 0.717) is 6.92 Å². The van der Waals surface area contributed by atoms with Crippen LogP contribution in [0, 0.1) is 16.7 Å². The van der Waals surface area contributed by atoms with E-state index in [1.165, 1.54) is 27.7 Å². The van der Waals surface area contributed by atoms with Gasteiger partial charge in [-0.2, -0.15) is 13.2 Å². The molecule has 38 heavy (non-hydrogen) atoms. The summed E-state index contributed by atoms with van der Waals surface area (Å²) < 4.78 is 50.8. The number of aliphatic hydroxyl groups is 1. The number of rotatable bonds is 13. The Morgan fingerprint density at radius 2 is 1.39 bits per heavy atom. The third-order valence-corrected chi connectivity index (χ3v) is 6.63. The third-order valence-electron chi connectivity index (χ3n) is 6.63. The molecule has 1 N–H and O–H groups in total. The molecule has 0 radical (unpaired) electrons. The van der Waals surface area contributed by atoms with Crippen LogP contribution >= 0.6 is 0 Å². The molecule has 4 atom stereocenters. The molecule has 0 aromatic heterocycles. The second-order valence-electron chi connectivity index (χ2n) is 12.0. The molecule has 0 aromatic carbocycles. The summed E-state index contributed by atoms with van der Waals surface area (Å²) in [5.74, 6) is -2.86. The maximum absolute atomic E-state index is 13.3. The van der Waals surface area contributed by atoms with Crippen molar-refractivity contribution in [3.63, 3.8) is 0 Å². The highest BCUT2D eigenvalue weighted by molar-refractivity contribution is 5.97. The van der Waals surface area contributed by atoms with Gasteiger partial charge in [0.2, 0.25) is 5.91 Å². The monoisotopic (exact) mass is 553 g/mol. The number of carbonyl (C=O) groups is 4. The fraction of sp³-hybridized carbons (Fsp3) is 0.852. The first-order chi connectivity index (χ1) is 16.9. The van der Waals surface area contributed by atoms with Crippen LogP contribution in [0.2, 0.25) is 0 Å². The number of carbonyl (C=O) groups excluding carboxylic acids is 4. The largest absolute Gasteiger partial charge is 0.462 e. The molecule has 0 aromatic rings. The van der Waals surface area contributed by atoms with E-state index in [1.807, 2.05) is 0 Å². The van der Waals surface area contributed by atoms with Crippen LogP contribution in [0.5, 0.6) is 0 Å². The molecular formula is C27H46F3NO7. The lowest BCUT2D eigenvalue weighted by Crippen LogP contribution is -2.48. The van der Waals surface area contributed by atoms with Crippen LogP contribution in [0.4, 0.5) is 13.2 Å². The number of hydrogen-bond donors (Lipinski definition) is 1. The standard InChI is InChI=1S/C27H46F3NO7/c1-12-25(10,23(35)38-20(13-16(2)3)14-26(11,36)27(28,29)30)15-24(8,9)22(34)37-18(6)21(33)31(17(4)5)19(7)32/h16-18,20,36H,12-15H2,1-11H3. The van der Waals surface area contributed by atoms with Crippen molar-refractivity contribution < 1.29 is 46.9 Å². The highest BCUT2D eigenvalue weighted by Crippen LogP contribution is 2.41. The van der Waals surface area contributed by atoms with Gasteiger partial charge in [0.05, 0.1) is 10.8 Å². The maximum atomic E-state index is 13.3. The Morgan fingerprint density at radius 3 is 1.76 bits per heavy atom. The smallest absolute Gasteiger partial charge is 0.417 e. The van der Waals surface area contributed by atoms with Gasteiger partial charge in [0.1, 0.15) is 6.10 Å². The molecule has 0 aliphatic carbocycles. The summed E-state index contributed by atoms with van der Waals surface area (Å²) in [5, 5.41) is 9.97. The van der Waals surface area contributed by atoms with E-state index in [2.05, 4.69) is 0 Å². The number of nitrogens with zero attached hydrogens (tertiary/aromatic N) is 1. The number of halogens is 3. The van der Waals surface area contributed by atoms with Crippen LogP contribution in [0.3, 0.4) is 0 Å². The second-order valence-corrected chi connectivity index (χ2v) is 12.0. The Kier molecular flexibility index (Phi) is 12.5. The predicted octanol–water partition coefficient (Wildman–Crippen LogP) is 5.20. The van der Waals surface area contributed by atoms with Crippen molar-refractivity contribution in [1.82, 2.24) is 4.90 Å². The molecule has 4 unspecified atom stereocenters. The highest BCUT2D eigenvalue weighted by Gasteiger charge is 2.52. The van der Waals surface area contributed by atoms with Crippen molar-refractivity contribution in [2.24, 2.45) is 16.7 Å². The minimum absolute atomic E-state index is 0.0836. The maximum Gasteiger partial charge on any atom is 0.417 e. The Bertz CT molecular complexity index is 852. The van der Waals surface area contributed by atoms with E-state index in [1.54, 1.807) is 41.5 Å². The van der Waals surface area contributed by atoms with E-state index >= 15 is 0 Å². The van der Waals surface area contributed by atoms with Crippen LogP contribution < -0.4 is 0 Å². The van der Waals surface area contributed by atoms with Gasteiger partial charge >= 0.3 is 18.1 Å². The lowest BCUT2D eigenvalue weighted by Gasteiger charge is -2.37. The lowest BCUT2D eigenvalue weighted by atomic mass is 9.72. The van der Waals surface area contributed by atoms with E-state index < -0.39 is 71.0 Å². The Hall–Kier alpha value is -2.17. The summed E-state index contributed by atoms with van der Waals surface area (Å²) >= 11 is 0. The van der Waals surface area contributed by atoms with Gasteiger partial charge < -0.3 is 14.6 Å². The van der Waals surface area contributed by atoms with Gasteiger partial charge in [-0.25, -0.2) is 0 Å². The predicted molar refractivity (Wildman–Crippen MR) is 136 cm³/mol. The summed E-state index contributed by atoms with van der Waals surface area (Å²) in [7, 11) is 0. The average Bonchev–Trinajstić information content (AvgIpc) is 2.70. The summed E-state index contributed by atoms with van der Waals surface area (Å²) in [5.41, 5.74) is -5.62. The Morgan fingerprint density at radius 1 is 0.895 bits per heavy atom. The van der Waals surface area contributed by atoms with Gasteiger partial charge in [0.15, 0.2) is 11.7 Å². The molecule has 0 bridgehead atoms. The number of ether oxygens (including phenoxy) is 2. The van der Waals surface area contributed by atoms with Crippen molar-refractivity contribution in [2.75, 3.05) is 0 Å². The summed E-state index contributed by atoms with van der Waals surface area (Å²) in [6.45, 7) is 16.3. The quantitative estimate of drug-likeness (QED) is 0.312. The molecule has 0 spiro atoms. The van der Waals surface area contributed by atoms with Crippen LogP contribution in [0.25, 0.3) is 0 Å².